The molecule has 140 valence electrons. The Kier molecular flexibility index (Phi) is 6.69. The van der Waals surface area contributed by atoms with E-state index in [1.165, 1.54) is 12.1 Å². The number of nitrogens with one attached hydrogen (secondary N) is 2. The van der Waals surface area contributed by atoms with E-state index in [1.807, 2.05) is 27.7 Å². The molecule has 0 aliphatic rings. The third-order valence-electron chi connectivity index (χ3n) is 3.46. The van der Waals surface area contributed by atoms with Crippen molar-refractivity contribution in [3.8, 4) is 0 Å². The Labute approximate surface area is 148 Å². The lowest BCUT2D eigenvalue weighted by atomic mass is 10.1. The van der Waals surface area contributed by atoms with Crippen LogP contribution in [0.15, 0.2) is 29.2 Å². The van der Waals surface area contributed by atoms with E-state index in [0.29, 0.717) is 5.56 Å². The number of imide groups is 1. The smallest absolute Gasteiger partial charge is 0.321 e. The van der Waals surface area contributed by atoms with Gasteiger partial charge in [-0.1, -0.05) is 12.1 Å². The first-order valence-corrected chi connectivity index (χ1v) is 9.29. The third kappa shape index (κ3) is 7.20. The number of carbonyl (C=O) groups is 2. The average Bonchev–Trinajstić information content (AvgIpc) is 2.43. The van der Waals surface area contributed by atoms with E-state index < -0.39 is 27.5 Å². The van der Waals surface area contributed by atoms with E-state index in [9.17, 15) is 18.0 Å². The second-order valence-corrected chi connectivity index (χ2v) is 8.52. The molecule has 0 spiro atoms. The van der Waals surface area contributed by atoms with Crippen molar-refractivity contribution >= 4 is 22.0 Å². The Hall–Kier alpha value is -1.97. The maximum Gasteiger partial charge on any atom is 0.321 e. The number of hydrogen-bond acceptors (Lipinski definition) is 5. The van der Waals surface area contributed by atoms with Gasteiger partial charge in [-0.2, -0.15) is 0 Å². The summed E-state index contributed by atoms with van der Waals surface area (Å²) in [4.78, 5) is 25.4. The van der Waals surface area contributed by atoms with Gasteiger partial charge < -0.3 is 5.32 Å². The number of likely N-dealkylation sites (N-methyl/N-ethyl adjacent to an activating group) is 1. The van der Waals surface area contributed by atoms with Gasteiger partial charge in [-0.05, 0) is 52.4 Å². The Morgan fingerprint density at radius 3 is 2.40 bits per heavy atom. The van der Waals surface area contributed by atoms with Gasteiger partial charge in [0.2, 0.25) is 15.9 Å². The van der Waals surface area contributed by atoms with Crippen molar-refractivity contribution in [3.63, 3.8) is 0 Å². The summed E-state index contributed by atoms with van der Waals surface area (Å²) in [5, 5.41) is 10.0. The first-order chi connectivity index (χ1) is 11.3. The van der Waals surface area contributed by atoms with Gasteiger partial charge in [-0.25, -0.2) is 18.4 Å². The van der Waals surface area contributed by atoms with Crippen LogP contribution >= 0.6 is 0 Å². The zero-order valence-electron chi connectivity index (χ0n) is 15.2. The molecule has 0 radical (unpaired) electrons. The molecule has 1 aromatic carbocycles. The highest BCUT2D eigenvalue weighted by Gasteiger charge is 2.20. The molecule has 25 heavy (non-hydrogen) atoms. The number of primary sulfonamides is 1. The van der Waals surface area contributed by atoms with E-state index in [2.05, 4.69) is 10.6 Å². The highest BCUT2D eigenvalue weighted by molar-refractivity contribution is 7.89. The number of nitrogens with zero attached hydrogens (tertiary/aromatic N) is 1. The van der Waals surface area contributed by atoms with Gasteiger partial charge in [0.25, 0.3) is 0 Å². The van der Waals surface area contributed by atoms with Gasteiger partial charge in [-0.15, -0.1) is 0 Å². The van der Waals surface area contributed by atoms with Crippen LogP contribution in [0.4, 0.5) is 4.79 Å². The number of hydrogen-bond donors (Lipinski definition) is 3. The largest absolute Gasteiger partial charge is 0.333 e. The van der Waals surface area contributed by atoms with Gasteiger partial charge in [0.15, 0.2) is 0 Å². The predicted octanol–water partition coefficient (Wildman–Crippen LogP) is 0.951. The van der Waals surface area contributed by atoms with Gasteiger partial charge in [0.05, 0.1) is 11.4 Å². The number of rotatable bonds is 5. The lowest BCUT2D eigenvalue weighted by Crippen LogP contribution is -2.50. The topological polar surface area (TPSA) is 122 Å². The summed E-state index contributed by atoms with van der Waals surface area (Å²) >= 11 is 0. The molecule has 0 bridgehead atoms. The summed E-state index contributed by atoms with van der Waals surface area (Å²) in [6, 6.07) is 5.42. The first-order valence-electron chi connectivity index (χ1n) is 7.74. The van der Waals surface area contributed by atoms with Crippen molar-refractivity contribution in [2.45, 2.75) is 44.2 Å². The fourth-order valence-electron chi connectivity index (χ4n) is 2.11. The first kappa shape index (κ1) is 21.1. The Morgan fingerprint density at radius 1 is 1.28 bits per heavy atom. The van der Waals surface area contributed by atoms with Crippen LogP contribution in [0.5, 0.6) is 0 Å². The van der Waals surface area contributed by atoms with Gasteiger partial charge in [-0.3, -0.25) is 15.0 Å². The van der Waals surface area contributed by atoms with Gasteiger partial charge in [0, 0.05) is 11.6 Å². The van der Waals surface area contributed by atoms with Crippen LogP contribution in [0.2, 0.25) is 0 Å². The van der Waals surface area contributed by atoms with E-state index >= 15 is 0 Å². The minimum absolute atomic E-state index is 0.0132. The molecule has 0 aliphatic heterocycles. The van der Waals surface area contributed by atoms with Crippen LogP contribution in [-0.4, -0.2) is 44.4 Å². The van der Waals surface area contributed by atoms with Crippen LogP contribution < -0.4 is 15.8 Å². The Balaban J connectivity index is 2.72. The minimum atomic E-state index is -3.79. The number of urea groups is 1. The molecule has 1 unspecified atom stereocenters. The molecule has 4 N–H and O–H groups in total. The number of amides is 3. The van der Waals surface area contributed by atoms with Crippen molar-refractivity contribution in [2.75, 3.05) is 13.6 Å². The number of benzene rings is 1. The van der Waals surface area contributed by atoms with E-state index in [1.54, 1.807) is 24.1 Å². The van der Waals surface area contributed by atoms with E-state index in [4.69, 9.17) is 5.14 Å². The fraction of sp³-hybridized carbons (Fsp3) is 0.500. The molecule has 8 nitrogen and oxygen atoms in total. The SMILES string of the molecule is CC(c1cccc(S(N)(=O)=O)c1)N(C)CC(=O)NC(=O)NC(C)(C)C. The summed E-state index contributed by atoms with van der Waals surface area (Å²) in [7, 11) is -2.09. The summed E-state index contributed by atoms with van der Waals surface area (Å²) in [6.07, 6.45) is 0. The summed E-state index contributed by atoms with van der Waals surface area (Å²) in [5.41, 5.74) is 0.249. The Morgan fingerprint density at radius 2 is 1.88 bits per heavy atom. The molecule has 3 amide bonds. The lowest BCUT2D eigenvalue weighted by molar-refractivity contribution is -0.121. The van der Waals surface area contributed by atoms with E-state index in [-0.39, 0.29) is 17.5 Å². The Bertz CT molecular complexity index is 741. The van der Waals surface area contributed by atoms with Crippen LogP contribution in [0.25, 0.3) is 0 Å². The molecule has 1 rings (SSSR count). The van der Waals surface area contributed by atoms with Crippen LogP contribution in [0.3, 0.4) is 0 Å². The van der Waals surface area contributed by atoms with Crippen LogP contribution in [-0.2, 0) is 14.8 Å². The average molecular weight is 370 g/mol. The number of carbonyl (C=O) groups excluding carboxylic acids is 2. The van der Waals surface area contributed by atoms with Crippen molar-refractivity contribution in [3.05, 3.63) is 29.8 Å². The maximum absolute atomic E-state index is 12.0. The molecule has 1 atom stereocenters. The van der Waals surface area contributed by atoms with Crippen LogP contribution in [0, 0.1) is 0 Å². The number of sulfonamides is 1. The predicted molar refractivity (Wildman–Crippen MR) is 95.3 cm³/mol. The zero-order chi connectivity index (χ0) is 19.4. The molecular weight excluding hydrogens is 344 g/mol. The van der Waals surface area contributed by atoms with Crippen molar-refractivity contribution in [1.82, 2.24) is 15.5 Å². The second kappa shape index (κ2) is 7.94. The van der Waals surface area contributed by atoms with Crippen molar-refractivity contribution < 1.29 is 18.0 Å². The number of nitrogens with two attached hydrogens (primary N) is 1. The zero-order valence-corrected chi connectivity index (χ0v) is 16.0. The molecule has 0 fully saturated rings. The standard InChI is InChI=1S/C16H26N4O4S/c1-11(12-7-6-8-13(9-12)25(17,23)24)20(5)10-14(21)18-15(22)19-16(2,3)4/h6-9,11H,10H2,1-5H3,(H2,17,23,24)(H2,18,19,21,22). The second-order valence-electron chi connectivity index (χ2n) is 6.96. The quantitative estimate of drug-likeness (QED) is 0.712. The van der Waals surface area contributed by atoms with E-state index in [0.717, 1.165) is 0 Å². The van der Waals surface area contributed by atoms with Crippen molar-refractivity contribution in [2.24, 2.45) is 5.14 Å². The summed E-state index contributed by atoms with van der Waals surface area (Å²) in [5.74, 6) is -0.460. The summed E-state index contributed by atoms with van der Waals surface area (Å²) in [6.45, 7) is 7.22. The van der Waals surface area contributed by atoms with Crippen molar-refractivity contribution in [1.29, 1.82) is 0 Å². The molecule has 1 aromatic rings. The van der Waals surface area contributed by atoms with Crippen LogP contribution in [0.1, 0.15) is 39.3 Å². The lowest BCUT2D eigenvalue weighted by Gasteiger charge is -2.25. The summed E-state index contributed by atoms with van der Waals surface area (Å²) < 4.78 is 22.9. The molecular formula is C16H26N4O4S. The maximum atomic E-state index is 12.0. The fourth-order valence-corrected chi connectivity index (χ4v) is 2.68. The third-order valence-corrected chi connectivity index (χ3v) is 4.38. The molecule has 0 aromatic heterocycles. The molecule has 0 saturated heterocycles. The molecule has 9 heteroatoms. The highest BCUT2D eigenvalue weighted by Crippen LogP contribution is 2.21. The van der Waals surface area contributed by atoms with Gasteiger partial charge >= 0.3 is 6.03 Å². The molecule has 0 heterocycles. The minimum Gasteiger partial charge on any atom is -0.333 e. The monoisotopic (exact) mass is 370 g/mol. The molecule has 0 saturated carbocycles. The van der Waals surface area contributed by atoms with Gasteiger partial charge in [0.1, 0.15) is 0 Å². The normalized spacial score (nSPS) is 13.4. The molecule has 0 aliphatic carbocycles. The highest BCUT2D eigenvalue weighted by atomic mass is 32.2.